The topological polar surface area (TPSA) is 72.5 Å². The first-order valence-electron chi connectivity index (χ1n) is 8.69. The molecule has 7 nitrogen and oxygen atoms in total. The molecule has 28 heavy (non-hydrogen) atoms. The lowest BCUT2D eigenvalue weighted by Crippen LogP contribution is -2.58. The van der Waals surface area contributed by atoms with Gasteiger partial charge in [-0.05, 0) is 71.7 Å². The van der Waals surface area contributed by atoms with Crippen molar-refractivity contribution in [3.05, 3.63) is 25.6 Å². The normalized spacial score (nSPS) is 35.3. The number of carbonyl (C=O) groups is 1. The minimum absolute atomic E-state index is 0.345. The van der Waals surface area contributed by atoms with Crippen LogP contribution in [0.5, 0.6) is 5.75 Å². The fourth-order valence-corrected chi connectivity index (χ4v) is 6.01. The van der Waals surface area contributed by atoms with Gasteiger partial charge in [-0.1, -0.05) is 15.9 Å². The molecule has 0 saturated carbocycles. The molecule has 1 aromatic rings. The Morgan fingerprint density at radius 1 is 0.893 bits per heavy atom. The van der Waals surface area contributed by atoms with Crippen LogP contribution in [-0.2, 0) is 28.5 Å². The third-order valence-corrected chi connectivity index (χ3v) is 6.19. The molecule has 154 valence electrons. The van der Waals surface area contributed by atoms with Crippen molar-refractivity contribution in [1.82, 2.24) is 0 Å². The van der Waals surface area contributed by atoms with Crippen LogP contribution in [0.4, 0.5) is 0 Å². The number of carbonyl (C=O) groups excluding carboxylic acids is 1. The van der Waals surface area contributed by atoms with Crippen molar-refractivity contribution in [2.24, 2.45) is 0 Å². The minimum atomic E-state index is -1.03. The Morgan fingerprint density at radius 2 is 1.43 bits per heavy atom. The molecule has 5 atom stereocenters. The molecule has 3 heterocycles. The van der Waals surface area contributed by atoms with Crippen LogP contribution in [0.2, 0.25) is 0 Å². The van der Waals surface area contributed by atoms with E-state index >= 15 is 0 Å². The van der Waals surface area contributed by atoms with E-state index < -0.39 is 48.2 Å². The van der Waals surface area contributed by atoms with Crippen molar-refractivity contribution in [3.63, 3.8) is 0 Å². The number of benzene rings is 1. The van der Waals surface area contributed by atoms with Gasteiger partial charge >= 0.3 is 5.97 Å². The predicted molar refractivity (Wildman–Crippen MR) is 108 cm³/mol. The van der Waals surface area contributed by atoms with E-state index in [2.05, 4.69) is 47.8 Å². The first-order valence-corrected chi connectivity index (χ1v) is 11.1. The van der Waals surface area contributed by atoms with Crippen molar-refractivity contribution in [1.29, 1.82) is 0 Å². The monoisotopic (exact) mass is 584 g/mol. The summed E-state index contributed by atoms with van der Waals surface area (Å²) in [5.41, 5.74) is 0. The second kappa shape index (κ2) is 7.26. The highest BCUT2D eigenvalue weighted by Gasteiger charge is 2.62. The van der Waals surface area contributed by atoms with Gasteiger partial charge in [0.2, 0.25) is 0 Å². The Hall–Kier alpha value is -0.0700. The first kappa shape index (κ1) is 21.2. The molecule has 3 saturated heterocycles. The zero-order valence-electron chi connectivity index (χ0n) is 15.5. The van der Waals surface area contributed by atoms with E-state index in [-0.39, 0.29) is 0 Å². The molecule has 3 aliphatic heterocycles. The van der Waals surface area contributed by atoms with Crippen LogP contribution < -0.4 is 4.74 Å². The summed E-state index contributed by atoms with van der Waals surface area (Å²) in [5, 5.41) is 0. The second-order valence-electron chi connectivity index (χ2n) is 7.71. The van der Waals surface area contributed by atoms with Crippen LogP contribution in [-0.4, -0.2) is 48.2 Å². The van der Waals surface area contributed by atoms with Crippen molar-refractivity contribution in [2.75, 3.05) is 0 Å². The smallest absolute Gasteiger partial charge is 0.343 e. The van der Waals surface area contributed by atoms with Gasteiger partial charge < -0.3 is 28.4 Å². The van der Waals surface area contributed by atoms with Gasteiger partial charge in [-0.25, -0.2) is 4.79 Å². The van der Waals surface area contributed by atoms with Crippen LogP contribution in [0.15, 0.2) is 25.6 Å². The van der Waals surface area contributed by atoms with Crippen molar-refractivity contribution >= 4 is 53.8 Å². The van der Waals surface area contributed by atoms with Gasteiger partial charge in [-0.3, -0.25) is 0 Å². The fraction of sp³-hybridized carbons (Fsp3) is 0.611. The molecular weight excluding hydrogens is 568 g/mol. The number of hydrogen-bond acceptors (Lipinski definition) is 7. The summed E-state index contributed by atoms with van der Waals surface area (Å²) < 4.78 is 37.3. The van der Waals surface area contributed by atoms with Gasteiger partial charge in [0.05, 0.1) is 8.95 Å². The molecule has 0 aliphatic carbocycles. The molecule has 0 N–H and O–H groups in total. The molecule has 3 fully saturated rings. The summed E-state index contributed by atoms with van der Waals surface area (Å²) in [7, 11) is 0. The van der Waals surface area contributed by atoms with Crippen molar-refractivity contribution < 1.29 is 33.2 Å². The summed E-state index contributed by atoms with van der Waals surface area (Å²) in [5.74, 6) is -2.00. The molecular formula is C18H19Br3O7. The van der Waals surface area contributed by atoms with Gasteiger partial charge in [-0.2, -0.15) is 0 Å². The molecule has 0 aromatic heterocycles. The molecule has 0 radical (unpaired) electrons. The zero-order valence-corrected chi connectivity index (χ0v) is 20.3. The molecule has 0 spiro atoms. The number of fused-ring (bicyclic) bond motifs is 3. The number of ether oxygens (including phenoxy) is 6. The quantitative estimate of drug-likeness (QED) is 0.378. The van der Waals surface area contributed by atoms with E-state index in [1.165, 1.54) is 0 Å². The lowest BCUT2D eigenvalue weighted by atomic mass is 9.99. The van der Waals surface area contributed by atoms with E-state index in [9.17, 15) is 4.79 Å². The Bertz CT molecular complexity index is 789. The maximum atomic E-state index is 13.0. The Labute approximate surface area is 187 Å². The number of esters is 1. The molecule has 0 unspecified atom stereocenters. The van der Waals surface area contributed by atoms with Crippen LogP contribution in [0.25, 0.3) is 0 Å². The van der Waals surface area contributed by atoms with Gasteiger partial charge in [0, 0.05) is 4.47 Å². The van der Waals surface area contributed by atoms with E-state index in [1.807, 2.05) is 0 Å². The SMILES string of the molecule is CC1(C)O[C@H]2[C@@H](O1)[C@H](C(=O)Oc1c(Br)cc(Br)cc1Br)O[C@@H]1OC(C)(C)O[C@@H]12. The maximum absolute atomic E-state index is 13.0. The van der Waals surface area contributed by atoms with Crippen LogP contribution in [0.3, 0.4) is 0 Å². The Balaban J connectivity index is 1.61. The Morgan fingerprint density at radius 3 is 2.07 bits per heavy atom. The molecule has 10 heteroatoms. The molecule has 4 rings (SSSR count). The number of halogens is 3. The summed E-state index contributed by atoms with van der Waals surface area (Å²) in [6.45, 7) is 7.14. The maximum Gasteiger partial charge on any atom is 0.343 e. The highest BCUT2D eigenvalue weighted by molar-refractivity contribution is 9.11. The summed E-state index contributed by atoms with van der Waals surface area (Å²) in [6, 6.07) is 3.56. The van der Waals surface area contributed by atoms with Crippen LogP contribution in [0, 0.1) is 0 Å². The molecule has 1 aromatic carbocycles. The average molecular weight is 587 g/mol. The van der Waals surface area contributed by atoms with Gasteiger partial charge in [-0.15, -0.1) is 0 Å². The van der Waals surface area contributed by atoms with E-state index in [0.717, 1.165) is 4.47 Å². The van der Waals surface area contributed by atoms with Gasteiger partial charge in [0.25, 0.3) is 0 Å². The second-order valence-corrected chi connectivity index (χ2v) is 10.3. The standard InChI is InChI=1S/C18H19Br3O7/c1-17(2)25-11-12(26-17)14-16(28-18(3,4)27-14)24-13(11)15(22)23-10-8(20)5-7(19)6-9(10)21/h5-6,11-14,16H,1-4H3/t11-,12+,13-,14-,16-/m1/s1. The Kier molecular flexibility index (Phi) is 5.49. The third-order valence-electron chi connectivity index (χ3n) is 4.55. The third kappa shape index (κ3) is 3.94. The van der Waals surface area contributed by atoms with Gasteiger partial charge in [0.15, 0.2) is 29.7 Å². The number of rotatable bonds is 2. The number of hydrogen-bond donors (Lipinski definition) is 0. The van der Waals surface area contributed by atoms with Crippen LogP contribution >= 0.6 is 47.8 Å². The lowest BCUT2D eigenvalue weighted by molar-refractivity contribution is -0.236. The van der Waals surface area contributed by atoms with Crippen molar-refractivity contribution in [3.8, 4) is 5.75 Å². The van der Waals surface area contributed by atoms with Crippen molar-refractivity contribution in [2.45, 2.75) is 70.0 Å². The summed E-state index contributed by atoms with van der Waals surface area (Å²) in [6.07, 6.45) is -3.51. The highest BCUT2D eigenvalue weighted by Crippen LogP contribution is 2.45. The zero-order chi connectivity index (χ0) is 20.4. The average Bonchev–Trinajstić information content (AvgIpc) is 3.03. The highest BCUT2D eigenvalue weighted by atomic mass is 79.9. The van der Waals surface area contributed by atoms with Crippen LogP contribution in [0.1, 0.15) is 27.7 Å². The van der Waals surface area contributed by atoms with E-state index in [1.54, 1.807) is 39.8 Å². The first-order chi connectivity index (χ1) is 13.0. The fourth-order valence-electron chi connectivity index (χ4n) is 3.59. The van der Waals surface area contributed by atoms with Gasteiger partial charge in [0.1, 0.15) is 18.3 Å². The van der Waals surface area contributed by atoms with E-state index in [4.69, 9.17) is 28.4 Å². The summed E-state index contributed by atoms with van der Waals surface area (Å²) in [4.78, 5) is 13.0. The predicted octanol–water partition coefficient (Wildman–Crippen LogP) is 4.28. The summed E-state index contributed by atoms with van der Waals surface area (Å²) >= 11 is 10.2. The molecule has 0 amide bonds. The lowest BCUT2D eigenvalue weighted by Gasteiger charge is -2.35. The largest absolute Gasteiger partial charge is 0.422 e. The molecule has 3 aliphatic rings. The van der Waals surface area contributed by atoms with E-state index in [0.29, 0.717) is 14.7 Å². The molecule has 0 bridgehead atoms. The minimum Gasteiger partial charge on any atom is -0.422 e.